The lowest BCUT2D eigenvalue weighted by molar-refractivity contribution is -0.136. The van der Waals surface area contributed by atoms with Gasteiger partial charge in [0.1, 0.15) is 18.1 Å². The maximum Gasteiger partial charge on any atom is 0.200 e. The van der Waals surface area contributed by atoms with Crippen molar-refractivity contribution in [1.29, 1.82) is 0 Å². The Morgan fingerprint density at radius 3 is 2.45 bits per heavy atom. The Morgan fingerprint density at radius 1 is 1.10 bits per heavy atom. The number of hydrogen-bond acceptors (Lipinski definition) is 7. The molecule has 0 aromatic carbocycles. The predicted octanol–water partition coefficient (Wildman–Crippen LogP) is 3.53. The van der Waals surface area contributed by atoms with Gasteiger partial charge in [-0.2, -0.15) is 0 Å². The van der Waals surface area contributed by atoms with Crippen LogP contribution in [0.3, 0.4) is 0 Å². The zero-order valence-corrected chi connectivity index (χ0v) is 19.7. The van der Waals surface area contributed by atoms with Crippen molar-refractivity contribution < 1.29 is 23.7 Å². The fourth-order valence-electron chi connectivity index (χ4n) is 4.05. The van der Waals surface area contributed by atoms with E-state index in [4.69, 9.17) is 28.7 Å². The van der Waals surface area contributed by atoms with Gasteiger partial charge >= 0.3 is 0 Å². The van der Waals surface area contributed by atoms with Crippen molar-refractivity contribution in [2.24, 2.45) is 0 Å². The highest BCUT2D eigenvalue weighted by molar-refractivity contribution is 6.76. The maximum absolute atomic E-state index is 6.29. The van der Waals surface area contributed by atoms with Gasteiger partial charge in [0.15, 0.2) is 0 Å². The third-order valence-corrected chi connectivity index (χ3v) is 7.50. The zero-order valence-electron chi connectivity index (χ0n) is 18.7. The largest absolute Gasteiger partial charge is 0.382 e. The van der Waals surface area contributed by atoms with E-state index in [2.05, 4.69) is 30.6 Å². The second-order valence-electron chi connectivity index (χ2n) is 9.13. The molecule has 3 heterocycles. The van der Waals surface area contributed by atoms with Gasteiger partial charge in [0, 0.05) is 60.5 Å². The molecule has 29 heavy (non-hydrogen) atoms. The molecule has 0 N–H and O–H groups in total. The third-order valence-electron chi connectivity index (χ3n) is 5.79. The van der Waals surface area contributed by atoms with Crippen LogP contribution in [0.2, 0.25) is 25.7 Å². The van der Waals surface area contributed by atoms with Crippen molar-refractivity contribution >= 4 is 13.9 Å². The van der Waals surface area contributed by atoms with Gasteiger partial charge in [-0.15, -0.1) is 0 Å². The maximum atomic E-state index is 6.29. The van der Waals surface area contributed by atoms with Gasteiger partial charge < -0.3 is 28.6 Å². The van der Waals surface area contributed by atoms with Crippen molar-refractivity contribution in [1.82, 2.24) is 4.98 Å². The summed E-state index contributed by atoms with van der Waals surface area (Å²) in [5, 5.41) is 0. The molecule has 1 aromatic rings. The number of anilines is 1. The summed E-state index contributed by atoms with van der Waals surface area (Å²) in [5.74, 6) is 0.925. The van der Waals surface area contributed by atoms with Gasteiger partial charge in [-0.05, 0) is 12.1 Å². The van der Waals surface area contributed by atoms with Crippen LogP contribution in [0.25, 0.3) is 0 Å². The highest BCUT2D eigenvalue weighted by atomic mass is 28.3. The number of hydrogen-bond donors (Lipinski definition) is 0. The molecule has 3 aliphatic rings. The summed E-state index contributed by atoms with van der Waals surface area (Å²) in [6.45, 7) is 9.62. The van der Waals surface area contributed by atoms with Crippen LogP contribution < -0.4 is 4.90 Å². The molecule has 164 valence electrons. The van der Waals surface area contributed by atoms with E-state index in [1.54, 1.807) is 21.3 Å². The normalized spacial score (nSPS) is 23.3. The fourth-order valence-corrected chi connectivity index (χ4v) is 4.80. The summed E-state index contributed by atoms with van der Waals surface area (Å²) in [4.78, 5) is 7.20. The summed E-state index contributed by atoms with van der Waals surface area (Å²) in [5.41, 5.74) is 1.61. The number of pyridine rings is 1. The molecular weight excluding hydrogens is 388 g/mol. The smallest absolute Gasteiger partial charge is 0.200 e. The van der Waals surface area contributed by atoms with E-state index in [0.717, 1.165) is 42.6 Å². The van der Waals surface area contributed by atoms with E-state index in [9.17, 15) is 0 Å². The lowest BCUT2D eigenvalue weighted by Gasteiger charge is -2.57. The lowest BCUT2D eigenvalue weighted by atomic mass is 9.67. The van der Waals surface area contributed by atoms with Crippen LogP contribution in [0, 0.1) is 0 Å². The van der Waals surface area contributed by atoms with Crippen LogP contribution in [0.15, 0.2) is 12.1 Å². The summed E-state index contributed by atoms with van der Waals surface area (Å²) in [6.07, 6.45) is 1.43. The monoisotopic (exact) mass is 424 g/mol. The molecule has 8 heteroatoms. The Balaban J connectivity index is 1.80. The molecule has 2 aliphatic heterocycles. The van der Waals surface area contributed by atoms with Crippen LogP contribution in [-0.2, 0) is 29.3 Å². The SMILES string of the molecule is COCCOC12CC(C1)N(COCC[Si](C)(C)C)c1nc(C(OC)OC)ccc12. The average molecular weight is 425 g/mol. The number of methoxy groups -OCH3 is 3. The third kappa shape index (κ3) is 5.00. The van der Waals surface area contributed by atoms with Gasteiger partial charge in [-0.3, -0.25) is 0 Å². The highest BCUT2D eigenvalue weighted by Gasteiger charge is 2.55. The quantitative estimate of drug-likeness (QED) is 0.289. The molecule has 1 aliphatic carbocycles. The Hall–Kier alpha value is -1.03. The Bertz CT molecular complexity index is 672. The highest BCUT2D eigenvalue weighted by Crippen LogP contribution is 2.55. The Morgan fingerprint density at radius 2 is 1.83 bits per heavy atom. The van der Waals surface area contributed by atoms with Crippen molar-refractivity contribution in [3.63, 3.8) is 0 Å². The van der Waals surface area contributed by atoms with Gasteiger partial charge in [-0.1, -0.05) is 25.7 Å². The van der Waals surface area contributed by atoms with Crippen molar-refractivity contribution in [3.8, 4) is 0 Å². The molecule has 7 nitrogen and oxygen atoms in total. The molecular formula is C21H36N2O5Si. The van der Waals surface area contributed by atoms with Crippen molar-refractivity contribution in [2.45, 2.75) is 56.5 Å². The molecule has 4 rings (SSSR count). The average Bonchev–Trinajstić information content (AvgIpc) is 2.65. The first-order valence-electron chi connectivity index (χ1n) is 10.4. The van der Waals surface area contributed by atoms with Crippen LogP contribution in [0.5, 0.6) is 0 Å². The van der Waals surface area contributed by atoms with E-state index in [-0.39, 0.29) is 5.60 Å². The van der Waals surface area contributed by atoms with Crippen molar-refractivity contribution in [2.75, 3.05) is 52.8 Å². The Kier molecular flexibility index (Phi) is 7.35. The zero-order chi connectivity index (χ0) is 21.1. The second-order valence-corrected chi connectivity index (χ2v) is 14.7. The summed E-state index contributed by atoms with van der Waals surface area (Å²) >= 11 is 0. The molecule has 0 unspecified atom stereocenters. The molecule has 1 saturated carbocycles. The summed E-state index contributed by atoms with van der Waals surface area (Å²) in [6, 6.07) is 5.62. The lowest BCUT2D eigenvalue weighted by Crippen LogP contribution is -2.60. The molecule has 0 radical (unpaired) electrons. The molecule has 0 saturated heterocycles. The van der Waals surface area contributed by atoms with E-state index < -0.39 is 14.4 Å². The molecule has 2 bridgehead atoms. The standard InChI is InChI=1S/C21H36N2O5Si/c1-24-9-10-28-21-13-16(14-21)23(15-27-11-12-29(4,5)6)19-17(21)7-8-18(22-19)20(25-2)26-3/h7-8,16,20H,9-15H2,1-6H3. The van der Waals surface area contributed by atoms with Crippen LogP contribution in [0.1, 0.15) is 30.4 Å². The number of nitrogens with zero attached hydrogens (tertiary/aromatic N) is 2. The number of aromatic nitrogens is 1. The van der Waals surface area contributed by atoms with Crippen LogP contribution in [0.4, 0.5) is 5.82 Å². The van der Waals surface area contributed by atoms with Crippen LogP contribution >= 0.6 is 0 Å². The van der Waals surface area contributed by atoms with Gasteiger partial charge in [-0.25, -0.2) is 4.98 Å². The first-order valence-corrected chi connectivity index (χ1v) is 14.1. The Labute approximate surface area is 175 Å². The minimum atomic E-state index is -1.11. The van der Waals surface area contributed by atoms with Gasteiger partial charge in [0.05, 0.1) is 18.9 Å². The molecule has 1 aromatic heterocycles. The topological polar surface area (TPSA) is 62.3 Å². The number of rotatable bonds is 12. The first-order chi connectivity index (χ1) is 13.8. The second kappa shape index (κ2) is 9.41. The number of ether oxygens (including phenoxy) is 5. The van der Waals surface area contributed by atoms with E-state index in [1.807, 2.05) is 6.07 Å². The minimum absolute atomic E-state index is 0.269. The van der Waals surface area contributed by atoms with Gasteiger partial charge in [0.25, 0.3) is 0 Å². The molecule has 0 atom stereocenters. The van der Waals surface area contributed by atoms with E-state index >= 15 is 0 Å². The van der Waals surface area contributed by atoms with E-state index in [0.29, 0.717) is 26.0 Å². The fraction of sp³-hybridized carbons (Fsp3) is 0.762. The predicted molar refractivity (Wildman–Crippen MR) is 115 cm³/mol. The van der Waals surface area contributed by atoms with Gasteiger partial charge in [0.2, 0.25) is 6.29 Å². The first kappa shape index (κ1) is 22.6. The van der Waals surface area contributed by atoms with E-state index in [1.165, 1.54) is 0 Å². The molecule has 0 spiro atoms. The molecule has 1 fully saturated rings. The summed E-state index contributed by atoms with van der Waals surface area (Å²) in [7, 11) is 3.83. The van der Waals surface area contributed by atoms with Crippen molar-refractivity contribution in [3.05, 3.63) is 23.4 Å². The summed E-state index contributed by atoms with van der Waals surface area (Å²) < 4.78 is 28.4. The molecule has 0 amide bonds. The minimum Gasteiger partial charge on any atom is -0.382 e. The van der Waals surface area contributed by atoms with Crippen LogP contribution in [-0.4, -0.2) is 67.0 Å².